The van der Waals surface area contributed by atoms with Gasteiger partial charge < -0.3 is 0 Å². The molecule has 9 nitrogen and oxygen atoms in total. The Bertz CT molecular complexity index is 1770. The molecule has 4 aromatic rings. The number of H-pyrrole nitrogens is 1. The number of nitrogens with zero attached hydrogens (tertiary/aromatic N) is 4. The Hall–Kier alpha value is -5.80. The second-order valence-corrected chi connectivity index (χ2v) is 9.18. The fourth-order valence-corrected chi connectivity index (χ4v) is 4.39. The number of hydrogen-bond donors (Lipinski definition) is 2. The number of carbonyl (C=O) groups is 2. The summed E-state index contributed by atoms with van der Waals surface area (Å²) in [6, 6.07) is 25.3. The highest BCUT2D eigenvalue weighted by Gasteiger charge is 2.34. The number of amides is 2. The second-order valence-electron chi connectivity index (χ2n) is 9.18. The van der Waals surface area contributed by atoms with E-state index in [4.69, 9.17) is 0 Å². The number of anilines is 1. The van der Waals surface area contributed by atoms with Crippen LogP contribution in [-0.4, -0.2) is 39.4 Å². The van der Waals surface area contributed by atoms with E-state index in [9.17, 15) is 19.6 Å². The van der Waals surface area contributed by atoms with Gasteiger partial charge in [-0.3, -0.25) is 24.3 Å². The van der Waals surface area contributed by atoms with Crippen LogP contribution in [0.15, 0.2) is 88.8 Å². The molecule has 0 saturated heterocycles. The van der Waals surface area contributed by atoms with E-state index in [0.717, 1.165) is 17.5 Å². The fourth-order valence-electron chi connectivity index (χ4n) is 4.39. The van der Waals surface area contributed by atoms with E-state index >= 15 is 0 Å². The molecule has 0 bridgehead atoms. The number of hydrogen-bond acceptors (Lipinski definition) is 7. The van der Waals surface area contributed by atoms with Crippen molar-refractivity contribution in [3.8, 4) is 29.2 Å². The molecule has 2 heterocycles. The van der Waals surface area contributed by atoms with Crippen LogP contribution in [0.25, 0.3) is 11.3 Å². The van der Waals surface area contributed by atoms with Crippen LogP contribution in [0.5, 0.6) is 0 Å². The van der Waals surface area contributed by atoms with E-state index in [1.54, 1.807) is 54.7 Å². The second kappa shape index (κ2) is 12.4. The molecule has 0 radical (unpaired) electrons. The van der Waals surface area contributed by atoms with Crippen LogP contribution >= 0.6 is 0 Å². The Kier molecular flexibility index (Phi) is 8.08. The molecule has 2 amide bonds. The van der Waals surface area contributed by atoms with Crippen LogP contribution in [0.2, 0.25) is 0 Å². The topological polar surface area (TPSA) is 131 Å². The van der Waals surface area contributed by atoms with E-state index in [2.05, 4.69) is 32.3 Å². The quantitative estimate of drug-likeness (QED) is 0.111. The molecule has 2 N–H and O–H groups in total. The minimum atomic E-state index is -0.556. The third-order valence-corrected chi connectivity index (χ3v) is 6.39. The number of nitrogens with one attached hydrogen (secondary N) is 2. The summed E-state index contributed by atoms with van der Waals surface area (Å²) in [4.78, 5) is 45.5. The number of nitriles is 1. The van der Waals surface area contributed by atoms with Gasteiger partial charge in [-0.05, 0) is 42.7 Å². The first-order valence-corrected chi connectivity index (χ1v) is 13.0. The molecule has 1 aliphatic rings. The number of fused-ring (bicyclic) bond motifs is 1. The molecule has 0 atom stereocenters. The summed E-state index contributed by atoms with van der Waals surface area (Å²) in [6.45, 7) is 0.374. The van der Waals surface area contributed by atoms with Crippen LogP contribution in [0.3, 0.4) is 0 Å². The third-order valence-electron chi connectivity index (χ3n) is 6.39. The van der Waals surface area contributed by atoms with Crippen LogP contribution in [0.1, 0.15) is 56.7 Å². The van der Waals surface area contributed by atoms with Crippen LogP contribution in [0.4, 0.5) is 5.95 Å². The molecule has 1 aliphatic heterocycles. The smallest absolute Gasteiger partial charge is 0.270 e. The van der Waals surface area contributed by atoms with Gasteiger partial charge in [0.15, 0.2) is 0 Å². The van der Waals surface area contributed by atoms with Gasteiger partial charge in [0.2, 0.25) is 5.95 Å². The van der Waals surface area contributed by atoms with E-state index in [1.165, 1.54) is 4.90 Å². The number of unbranched alkanes of at least 4 members (excludes halogenated alkanes) is 2. The first-order valence-electron chi connectivity index (χ1n) is 13.0. The number of benzene rings is 3. The van der Waals surface area contributed by atoms with Gasteiger partial charge in [-0.2, -0.15) is 10.4 Å². The number of imide groups is 1. The average molecular weight is 541 g/mol. The zero-order chi connectivity index (χ0) is 28.6. The van der Waals surface area contributed by atoms with Gasteiger partial charge in [0.1, 0.15) is 11.6 Å². The van der Waals surface area contributed by atoms with Gasteiger partial charge in [0.25, 0.3) is 17.4 Å². The molecule has 5 rings (SSSR count). The Morgan fingerprint density at radius 3 is 2.39 bits per heavy atom. The predicted molar refractivity (Wildman–Crippen MR) is 155 cm³/mol. The van der Waals surface area contributed by atoms with Gasteiger partial charge >= 0.3 is 0 Å². The van der Waals surface area contributed by atoms with E-state index < -0.39 is 5.56 Å². The van der Waals surface area contributed by atoms with Crippen molar-refractivity contribution >= 4 is 24.0 Å². The average Bonchev–Trinajstić information content (AvgIpc) is 3.24. The number of aromatic amines is 1. The molecular weight excluding hydrogens is 516 g/mol. The minimum Gasteiger partial charge on any atom is -0.290 e. The monoisotopic (exact) mass is 540 g/mol. The van der Waals surface area contributed by atoms with E-state index in [0.29, 0.717) is 36.1 Å². The fraction of sp³-hybridized carbons (Fsp3) is 0.125. The summed E-state index contributed by atoms with van der Waals surface area (Å²) < 4.78 is 0. The number of hydrazone groups is 1. The Morgan fingerprint density at radius 2 is 1.66 bits per heavy atom. The third kappa shape index (κ3) is 6.11. The minimum absolute atomic E-state index is 0.0689. The molecule has 0 aliphatic carbocycles. The normalized spacial score (nSPS) is 12.1. The zero-order valence-electron chi connectivity index (χ0n) is 21.9. The first-order chi connectivity index (χ1) is 20.0. The van der Waals surface area contributed by atoms with Crippen molar-refractivity contribution in [3.05, 3.63) is 117 Å². The molecule has 3 aromatic carbocycles. The highest BCUT2D eigenvalue weighted by atomic mass is 16.2. The van der Waals surface area contributed by atoms with Crippen LogP contribution in [0, 0.1) is 23.2 Å². The summed E-state index contributed by atoms with van der Waals surface area (Å²) in [6.07, 6.45) is 3.64. The van der Waals surface area contributed by atoms with Crippen molar-refractivity contribution in [2.45, 2.75) is 19.3 Å². The highest BCUT2D eigenvalue weighted by Crippen LogP contribution is 2.23. The van der Waals surface area contributed by atoms with Gasteiger partial charge in [0, 0.05) is 24.1 Å². The molecule has 0 unspecified atom stereocenters. The molecular formula is C32H24N6O3. The lowest BCUT2D eigenvalue weighted by Gasteiger charge is -2.12. The molecule has 0 fully saturated rings. The van der Waals surface area contributed by atoms with Crippen molar-refractivity contribution in [3.63, 3.8) is 0 Å². The van der Waals surface area contributed by atoms with Crippen molar-refractivity contribution in [1.29, 1.82) is 5.26 Å². The molecule has 200 valence electrons. The van der Waals surface area contributed by atoms with Crippen molar-refractivity contribution in [1.82, 2.24) is 14.9 Å². The summed E-state index contributed by atoms with van der Waals surface area (Å²) in [5, 5.41) is 13.6. The van der Waals surface area contributed by atoms with Gasteiger partial charge in [-0.15, -0.1) is 0 Å². The van der Waals surface area contributed by atoms with Gasteiger partial charge in [-0.1, -0.05) is 66.4 Å². The summed E-state index contributed by atoms with van der Waals surface area (Å²) in [5.41, 5.74) is 5.55. The summed E-state index contributed by atoms with van der Waals surface area (Å²) >= 11 is 0. The van der Waals surface area contributed by atoms with Crippen LogP contribution < -0.4 is 11.0 Å². The largest absolute Gasteiger partial charge is 0.290 e. The van der Waals surface area contributed by atoms with Crippen molar-refractivity contribution in [2.75, 3.05) is 12.0 Å². The Labute approximate surface area is 236 Å². The standard InChI is InChI=1S/C32H24N6O3/c33-20-27-28(24-14-5-3-6-15-24)35-32(36-29(27)39)37-34-21-23-13-10-12-22(19-23)11-4-1-2-9-18-38-30(40)25-16-7-8-17-26(25)31(38)41/h3,5-8,10,12-17,19,21H,1-2,9,18H2,(H2,35,36,37,39). The van der Waals surface area contributed by atoms with E-state index in [-0.39, 0.29) is 29.0 Å². The SMILES string of the molecule is N#Cc1c(-c2ccccc2)nc(NN=Cc2cccc(C#CCCCCN3C(=O)c4ccccc4C3=O)c2)[nH]c1=O. The zero-order valence-corrected chi connectivity index (χ0v) is 21.9. The maximum atomic E-state index is 12.4. The number of aromatic nitrogens is 2. The van der Waals surface area contributed by atoms with Crippen LogP contribution in [-0.2, 0) is 0 Å². The van der Waals surface area contributed by atoms with Crippen molar-refractivity contribution in [2.24, 2.45) is 5.10 Å². The Morgan fingerprint density at radius 1 is 0.927 bits per heavy atom. The van der Waals surface area contributed by atoms with Gasteiger partial charge in [0.05, 0.1) is 23.0 Å². The lowest BCUT2D eigenvalue weighted by molar-refractivity contribution is 0.0652. The number of rotatable bonds is 8. The van der Waals surface area contributed by atoms with Crippen molar-refractivity contribution < 1.29 is 9.59 Å². The molecule has 0 saturated carbocycles. The molecule has 41 heavy (non-hydrogen) atoms. The predicted octanol–water partition coefficient (Wildman–Crippen LogP) is 4.57. The first kappa shape index (κ1) is 26.8. The molecule has 9 heteroatoms. The highest BCUT2D eigenvalue weighted by molar-refractivity contribution is 6.21. The summed E-state index contributed by atoms with van der Waals surface area (Å²) in [7, 11) is 0. The summed E-state index contributed by atoms with van der Waals surface area (Å²) in [5.74, 6) is 5.91. The van der Waals surface area contributed by atoms with Gasteiger partial charge in [-0.25, -0.2) is 10.4 Å². The molecule has 1 aromatic heterocycles. The lowest BCUT2D eigenvalue weighted by Crippen LogP contribution is -2.30. The van der Waals surface area contributed by atoms with E-state index in [1.807, 2.05) is 36.4 Å². The Balaban J connectivity index is 1.15. The lowest BCUT2D eigenvalue weighted by atomic mass is 10.1. The molecule has 0 spiro atoms. The maximum absolute atomic E-state index is 12.4. The maximum Gasteiger partial charge on any atom is 0.270 e. The number of carbonyl (C=O) groups excluding carboxylic acids is 2.